The molecule has 2 N–H and O–H groups in total. The number of carbonyl (C=O) groups excluding carboxylic acids is 1. The van der Waals surface area contributed by atoms with Gasteiger partial charge >= 0.3 is 0 Å². The Labute approximate surface area is 116 Å². The van der Waals surface area contributed by atoms with Crippen LogP contribution in [0, 0.1) is 5.92 Å². The maximum absolute atomic E-state index is 11.7. The van der Waals surface area contributed by atoms with Gasteiger partial charge < -0.3 is 15.4 Å². The highest BCUT2D eigenvalue weighted by Crippen LogP contribution is 2.03. The Hall–Kier alpha value is -0.680. The molecule has 0 aliphatic carbocycles. The number of hydrogen-bond donors (Lipinski definition) is 1. The van der Waals surface area contributed by atoms with Crippen LogP contribution in [0.15, 0.2) is 0 Å². The molecule has 0 aromatic heterocycles. The van der Waals surface area contributed by atoms with Crippen molar-refractivity contribution < 1.29 is 9.53 Å². The first-order valence-electron chi connectivity index (χ1n) is 6.53. The first-order chi connectivity index (χ1) is 8.43. The first-order valence-corrected chi connectivity index (χ1v) is 6.94. The fourth-order valence-corrected chi connectivity index (χ4v) is 1.54. The standard InChI is InChI=1S/C13H26N2O2S/c1-11(2)5-4-9-17-10-7-13(16)15(3)8-6-12(14)18/h11H,4-10H2,1-3H3,(H2,14,18). The smallest absolute Gasteiger partial charge is 0.224 e. The Balaban J connectivity index is 3.49. The maximum Gasteiger partial charge on any atom is 0.224 e. The summed E-state index contributed by atoms with van der Waals surface area (Å²) in [6, 6.07) is 0. The second kappa shape index (κ2) is 10.3. The molecule has 0 aliphatic rings. The van der Waals surface area contributed by atoms with Crippen molar-refractivity contribution in [1.82, 2.24) is 4.90 Å². The zero-order valence-corrected chi connectivity index (χ0v) is 12.6. The predicted molar refractivity (Wildman–Crippen MR) is 78.5 cm³/mol. The number of amides is 1. The molecule has 0 rings (SSSR count). The highest BCUT2D eigenvalue weighted by molar-refractivity contribution is 7.80. The molecular weight excluding hydrogens is 248 g/mol. The van der Waals surface area contributed by atoms with Crippen LogP contribution >= 0.6 is 12.2 Å². The van der Waals surface area contributed by atoms with Gasteiger partial charge in [-0.25, -0.2) is 0 Å². The van der Waals surface area contributed by atoms with E-state index in [-0.39, 0.29) is 5.91 Å². The van der Waals surface area contributed by atoms with Crippen molar-refractivity contribution in [2.24, 2.45) is 11.7 Å². The average molecular weight is 274 g/mol. The van der Waals surface area contributed by atoms with E-state index >= 15 is 0 Å². The van der Waals surface area contributed by atoms with Crippen LogP contribution in [0.3, 0.4) is 0 Å². The molecule has 0 aromatic rings. The van der Waals surface area contributed by atoms with Crippen molar-refractivity contribution in [1.29, 1.82) is 0 Å². The number of nitrogens with zero attached hydrogens (tertiary/aromatic N) is 1. The highest BCUT2D eigenvalue weighted by atomic mass is 32.1. The molecule has 106 valence electrons. The summed E-state index contributed by atoms with van der Waals surface area (Å²) in [6.45, 7) is 6.21. The van der Waals surface area contributed by atoms with E-state index in [1.54, 1.807) is 11.9 Å². The van der Waals surface area contributed by atoms with Gasteiger partial charge in [-0.05, 0) is 18.8 Å². The van der Waals surface area contributed by atoms with E-state index in [1.807, 2.05) is 0 Å². The van der Waals surface area contributed by atoms with Crippen molar-refractivity contribution in [2.75, 3.05) is 26.8 Å². The zero-order chi connectivity index (χ0) is 14.0. The molecule has 0 aromatic carbocycles. The van der Waals surface area contributed by atoms with Crippen LogP contribution in [-0.2, 0) is 9.53 Å². The largest absolute Gasteiger partial charge is 0.393 e. The molecule has 0 radical (unpaired) electrons. The normalized spacial score (nSPS) is 10.7. The molecule has 4 nitrogen and oxygen atoms in total. The molecule has 18 heavy (non-hydrogen) atoms. The number of thiocarbonyl (C=S) groups is 1. The SMILES string of the molecule is CC(C)CCCOCCC(=O)N(C)CCC(N)=S. The Morgan fingerprint density at radius 1 is 1.33 bits per heavy atom. The van der Waals surface area contributed by atoms with Crippen molar-refractivity contribution in [3.63, 3.8) is 0 Å². The molecule has 0 spiro atoms. The van der Waals surface area contributed by atoms with E-state index in [9.17, 15) is 4.79 Å². The first kappa shape index (κ1) is 17.3. The third-order valence-corrected chi connectivity index (χ3v) is 2.85. The number of rotatable bonds is 10. The Morgan fingerprint density at radius 2 is 2.00 bits per heavy atom. The minimum absolute atomic E-state index is 0.0788. The van der Waals surface area contributed by atoms with Gasteiger partial charge in [-0.1, -0.05) is 26.1 Å². The lowest BCUT2D eigenvalue weighted by Crippen LogP contribution is -2.30. The topological polar surface area (TPSA) is 55.6 Å². The van der Waals surface area contributed by atoms with Gasteiger partial charge in [0, 0.05) is 26.6 Å². The van der Waals surface area contributed by atoms with Crippen LogP contribution in [0.1, 0.15) is 39.5 Å². The van der Waals surface area contributed by atoms with E-state index < -0.39 is 0 Å². The summed E-state index contributed by atoms with van der Waals surface area (Å²) < 4.78 is 5.43. The quantitative estimate of drug-likeness (QED) is 0.489. The number of hydrogen-bond acceptors (Lipinski definition) is 3. The maximum atomic E-state index is 11.7. The summed E-state index contributed by atoms with van der Waals surface area (Å²) in [6.07, 6.45) is 3.23. The van der Waals surface area contributed by atoms with Crippen LogP contribution in [0.4, 0.5) is 0 Å². The Morgan fingerprint density at radius 3 is 2.56 bits per heavy atom. The van der Waals surface area contributed by atoms with Crippen LogP contribution in [0.5, 0.6) is 0 Å². The summed E-state index contributed by atoms with van der Waals surface area (Å²) in [4.78, 5) is 13.8. The van der Waals surface area contributed by atoms with E-state index in [4.69, 9.17) is 22.7 Å². The van der Waals surface area contributed by atoms with Crippen LogP contribution in [0.25, 0.3) is 0 Å². The van der Waals surface area contributed by atoms with E-state index in [0.29, 0.717) is 36.9 Å². The molecule has 0 unspecified atom stereocenters. The summed E-state index contributed by atoms with van der Waals surface area (Å²) >= 11 is 4.77. The number of nitrogens with two attached hydrogens (primary N) is 1. The van der Waals surface area contributed by atoms with E-state index in [0.717, 1.165) is 13.0 Å². The molecule has 0 saturated carbocycles. The lowest BCUT2D eigenvalue weighted by Gasteiger charge is -2.16. The molecule has 5 heteroatoms. The summed E-state index contributed by atoms with van der Waals surface area (Å²) in [5, 5.41) is 0. The lowest BCUT2D eigenvalue weighted by atomic mass is 10.1. The fourth-order valence-electron chi connectivity index (χ4n) is 1.45. The average Bonchev–Trinajstić information content (AvgIpc) is 2.29. The predicted octanol–water partition coefficient (Wildman–Crippen LogP) is 1.96. The Kier molecular flexibility index (Phi) is 9.87. The monoisotopic (exact) mass is 274 g/mol. The molecule has 0 fully saturated rings. The minimum Gasteiger partial charge on any atom is -0.393 e. The summed E-state index contributed by atoms with van der Waals surface area (Å²) in [5.41, 5.74) is 5.39. The lowest BCUT2D eigenvalue weighted by molar-refractivity contribution is -0.130. The number of ether oxygens (including phenoxy) is 1. The van der Waals surface area contributed by atoms with Gasteiger partial charge in [0.1, 0.15) is 0 Å². The van der Waals surface area contributed by atoms with Crippen molar-refractivity contribution in [2.45, 2.75) is 39.5 Å². The van der Waals surface area contributed by atoms with Gasteiger partial charge in [0.15, 0.2) is 0 Å². The van der Waals surface area contributed by atoms with Gasteiger partial charge in [-0.3, -0.25) is 4.79 Å². The number of carbonyl (C=O) groups is 1. The van der Waals surface area contributed by atoms with Crippen LogP contribution in [-0.4, -0.2) is 42.6 Å². The molecule has 0 atom stereocenters. The van der Waals surface area contributed by atoms with Crippen molar-refractivity contribution >= 4 is 23.1 Å². The van der Waals surface area contributed by atoms with Gasteiger partial charge in [-0.15, -0.1) is 0 Å². The molecular formula is C13H26N2O2S. The summed E-state index contributed by atoms with van der Waals surface area (Å²) in [7, 11) is 1.76. The van der Waals surface area contributed by atoms with Gasteiger partial charge in [0.05, 0.1) is 18.0 Å². The molecule has 0 saturated heterocycles. The minimum atomic E-state index is 0.0788. The summed E-state index contributed by atoms with van der Waals surface area (Å²) in [5.74, 6) is 0.788. The third kappa shape index (κ3) is 10.5. The van der Waals surface area contributed by atoms with Crippen LogP contribution < -0.4 is 5.73 Å². The molecule has 0 heterocycles. The second-order valence-electron chi connectivity index (χ2n) is 4.93. The second-order valence-corrected chi connectivity index (χ2v) is 5.45. The third-order valence-electron chi connectivity index (χ3n) is 2.65. The molecule has 1 amide bonds. The highest BCUT2D eigenvalue weighted by Gasteiger charge is 2.08. The fraction of sp³-hybridized carbons (Fsp3) is 0.846. The van der Waals surface area contributed by atoms with Crippen molar-refractivity contribution in [3.05, 3.63) is 0 Å². The van der Waals surface area contributed by atoms with E-state index in [1.165, 1.54) is 6.42 Å². The zero-order valence-electron chi connectivity index (χ0n) is 11.8. The molecule has 0 aliphatic heterocycles. The van der Waals surface area contributed by atoms with Gasteiger partial charge in [0.2, 0.25) is 5.91 Å². The van der Waals surface area contributed by atoms with Gasteiger partial charge in [0.25, 0.3) is 0 Å². The van der Waals surface area contributed by atoms with E-state index in [2.05, 4.69) is 13.8 Å². The van der Waals surface area contributed by atoms with Gasteiger partial charge in [-0.2, -0.15) is 0 Å². The van der Waals surface area contributed by atoms with Crippen LogP contribution in [0.2, 0.25) is 0 Å². The van der Waals surface area contributed by atoms with Crippen molar-refractivity contribution in [3.8, 4) is 0 Å². The molecule has 0 bridgehead atoms. The Bertz CT molecular complexity index is 257.